The van der Waals surface area contributed by atoms with Gasteiger partial charge < -0.3 is 39.0 Å². The van der Waals surface area contributed by atoms with Crippen LogP contribution in [0.2, 0.25) is 0 Å². The number of aliphatic hydroxyl groups excluding tert-OH is 1. The van der Waals surface area contributed by atoms with Gasteiger partial charge in [-0.1, -0.05) is 55.4 Å². The highest BCUT2D eigenvalue weighted by atomic mass is 32.1. The molecule has 9 rings (SSSR count). The fourth-order valence-corrected chi connectivity index (χ4v) is 11.1. The largest absolute Gasteiger partial charge is 0.496 e. The molecule has 5 atom stereocenters. The number of methoxy groups -OCH3 is 2. The first-order valence-corrected chi connectivity index (χ1v) is 25.0. The van der Waals surface area contributed by atoms with E-state index < -0.39 is 36.6 Å². The Kier molecular flexibility index (Phi) is 15.0. The number of amides is 2. The average molecular weight is 994 g/mol. The lowest BCUT2D eigenvalue weighted by molar-refractivity contribution is -0.141. The number of anilines is 1. The molecule has 2 N–H and O–H groups in total. The van der Waals surface area contributed by atoms with E-state index in [1.165, 1.54) is 4.90 Å². The van der Waals surface area contributed by atoms with Crippen molar-refractivity contribution in [2.24, 2.45) is 5.92 Å². The van der Waals surface area contributed by atoms with Gasteiger partial charge in [0.25, 0.3) is 5.92 Å². The Labute approximate surface area is 415 Å². The van der Waals surface area contributed by atoms with Crippen molar-refractivity contribution in [3.05, 3.63) is 101 Å². The number of alkyl halides is 2. The molecule has 0 saturated carbocycles. The van der Waals surface area contributed by atoms with Crippen LogP contribution < -0.4 is 19.7 Å². The zero-order valence-electron chi connectivity index (χ0n) is 40.9. The van der Waals surface area contributed by atoms with Gasteiger partial charge >= 0.3 is 0 Å². The van der Waals surface area contributed by atoms with Crippen LogP contribution in [0.4, 0.5) is 14.6 Å². The summed E-state index contributed by atoms with van der Waals surface area (Å²) in [4.78, 5) is 40.7. The van der Waals surface area contributed by atoms with Gasteiger partial charge in [-0.3, -0.25) is 19.4 Å². The maximum Gasteiger partial charge on any atom is 0.275 e. The number of halogens is 2. The van der Waals surface area contributed by atoms with E-state index in [9.17, 15) is 14.7 Å². The Hall–Kier alpha value is -6.12. The quantitative estimate of drug-likeness (QED) is 0.0925. The molecule has 0 bridgehead atoms. The minimum atomic E-state index is -2.98. The van der Waals surface area contributed by atoms with E-state index in [-0.39, 0.29) is 56.5 Å². The molecule has 376 valence electrons. The second-order valence-corrected chi connectivity index (χ2v) is 20.0. The first-order valence-electron chi connectivity index (χ1n) is 24.1. The summed E-state index contributed by atoms with van der Waals surface area (Å²) in [5.41, 5.74) is 7.48. The normalized spacial score (nSPS) is 20.6. The second kappa shape index (κ2) is 21.3. The molecular weight excluding hydrogens is 933 g/mol. The summed E-state index contributed by atoms with van der Waals surface area (Å²) < 4.78 is 54.8. The monoisotopic (exact) mass is 993 g/mol. The number of likely N-dealkylation sites (tertiary alicyclic amines) is 2. The van der Waals surface area contributed by atoms with E-state index in [1.54, 1.807) is 36.5 Å². The summed E-state index contributed by atoms with van der Waals surface area (Å²) >= 11 is 1.58. The van der Waals surface area contributed by atoms with Crippen LogP contribution in [0.15, 0.2) is 82.8 Å². The molecular formula is C52H61F2N9O7S. The van der Waals surface area contributed by atoms with E-state index in [1.807, 2.05) is 110 Å². The lowest BCUT2D eigenvalue weighted by atomic mass is 9.91. The van der Waals surface area contributed by atoms with Gasteiger partial charge in [0.1, 0.15) is 23.5 Å². The number of piperidine rings is 1. The third-order valence-electron chi connectivity index (χ3n) is 14.0. The summed E-state index contributed by atoms with van der Waals surface area (Å²) in [6.45, 7) is 9.78. The molecule has 0 radical (unpaired) electrons. The van der Waals surface area contributed by atoms with Gasteiger partial charge in [0.2, 0.25) is 11.8 Å². The number of β-amino-alcohol motifs (C(OH)–C–C–N with tert-alkyl or cyclic N) is 1. The Morgan fingerprint density at radius 1 is 0.972 bits per heavy atom. The van der Waals surface area contributed by atoms with Crippen LogP contribution >= 0.6 is 11.3 Å². The minimum Gasteiger partial charge on any atom is -0.496 e. The standard InChI is InChI=1S/C52H61F2N9O7S/c1-31(2)48(51(66)63-27-38(64)24-42(63)50(65)56-32(3)34-11-13-35(14-12-34)49-33(4)55-29-71-49)45-25-47(59-70-45)62-19-17-61(18-20-62)46-15-16-60(28-52(46,53)54)26-37-22-40-36(23-44(37)68-6)21-41(58-57-40)39-9-7-8-10-43(39)69-30-67-5/h7-14,21-23,25,29,31-32,38,42,46,48,64H,15-20,24,26-28,30H2,1-6H3,(H,56,65)/t32?,38-,42+,46-,48?/m1/s1. The number of rotatable bonds is 16. The molecule has 16 nitrogen and oxygen atoms in total. The zero-order chi connectivity index (χ0) is 50.0. The molecule has 3 aromatic carbocycles. The number of carbonyl (C=O) groups excluding carboxylic acids is 2. The van der Waals surface area contributed by atoms with Crippen molar-refractivity contribution < 1.29 is 42.2 Å². The van der Waals surface area contributed by atoms with Crippen molar-refractivity contribution in [2.75, 3.05) is 71.7 Å². The number of fused-ring (bicyclic) bond motifs is 1. The van der Waals surface area contributed by atoms with Crippen LogP contribution in [0.3, 0.4) is 0 Å². The second-order valence-electron chi connectivity index (χ2n) is 19.1. The van der Waals surface area contributed by atoms with Gasteiger partial charge in [-0.05, 0) is 67.6 Å². The Balaban J connectivity index is 0.796. The molecule has 3 aliphatic rings. The highest BCUT2D eigenvalue weighted by Crippen LogP contribution is 2.38. The number of aryl methyl sites for hydroxylation is 1. The van der Waals surface area contributed by atoms with Crippen molar-refractivity contribution in [3.63, 3.8) is 0 Å². The van der Waals surface area contributed by atoms with Gasteiger partial charge in [-0.15, -0.1) is 21.5 Å². The minimum absolute atomic E-state index is 0.0149. The topological polar surface area (TPSA) is 172 Å². The van der Waals surface area contributed by atoms with Crippen LogP contribution in [-0.4, -0.2) is 143 Å². The van der Waals surface area contributed by atoms with Crippen LogP contribution in [0, 0.1) is 12.8 Å². The first kappa shape index (κ1) is 49.8. The number of piperazine rings is 1. The predicted molar refractivity (Wildman–Crippen MR) is 265 cm³/mol. The highest BCUT2D eigenvalue weighted by Gasteiger charge is 2.48. The highest BCUT2D eigenvalue weighted by molar-refractivity contribution is 7.13. The van der Waals surface area contributed by atoms with Gasteiger partial charge in [-0.25, -0.2) is 13.8 Å². The average Bonchev–Trinajstić information content (AvgIpc) is 4.13. The Bertz CT molecular complexity index is 2820. The summed E-state index contributed by atoms with van der Waals surface area (Å²) in [6, 6.07) is 20.7. The molecule has 2 unspecified atom stereocenters. The summed E-state index contributed by atoms with van der Waals surface area (Å²) in [7, 11) is 3.13. The van der Waals surface area contributed by atoms with Crippen molar-refractivity contribution in [2.45, 2.75) is 83.2 Å². The molecule has 6 aromatic rings. The van der Waals surface area contributed by atoms with E-state index >= 15 is 8.78 Å². The molecule has 0 aliphatic carbocycles. The fourth-order valence-electron chi connectivity index (χ4n) is 10.3. The van der Waals surface area contributed by atoms with Crippen molar-refractivity contribution in [3.8, 4) is 33.2 Å². The molecule has 3 saturated heterocycles. The first-order chi connectivity index (χ1) is 34.2. The number of nitrogens with zero attached hydrogens (tertiary/aromatic N) is 8. The lowest BCUT2D eigenvalue weighted by Gasteiger charge is -2.46. The number of aliphatic hydroxyl groups is 1. The molecule has 2 amide bonds. The van der Waals surface area contributed by atoms with Crippen molar-refractivity contribution in [1.29, 1.82) is 0 Å². The van der Waals surface area contributed by atoms with E-state index in [0.29, 0.717) is 67.0 Å². The Morgan fingerprint density at radius 3 is 2.45 bits per heavy atom. The van der Waals surface area contributed by atoms with Crippen LogP contribution in [0.5, 0.6) is 11.5 Å². The number of ether oxygens (including phenoxy) is 3. The number of nitrogens with one attached hydrogen (secondary N) is 1. The fraction of sp³-hybridized carbons (Fsp3) is 0.462. The number of benzene rings is 3. The van der Waals surface area contributed by atoms with Crippen LogP contribution in [0.25, 0.3) is 32.6 Å². The molecule has 71 heavy (non-hydrogen) atoms. The maximum absolute atomic E-state index is 16.2. The lowest BCUT2D eigenvalue weighted by Crippen LogP contribution is -2.61. The van der Waals surface area contributed by atoms with Gasteiger partial charge in [0.05, 0.1) is 59.1 Å². The van der Waals surface area contributed by atoms with Gasteiger partial charge in [0, 0.05) is 81.9 Å². The van der Waals surface area contributed by atoms with E-state index in [0.717, 1.165) is 38.2 Å². The van der Waals surface area contributed by atoms with E-state index in [4.69, 9.17) is 18.7 Å². The molecule has 0 spiro atoms. The summed E-state index contributed by atoms with van der Waals surface area (Å²) in [5, 5.41) is 27.9. The van der Waals surface area contributed by atoms with Crippen LogP contribution in [0.1, 0.15) is 68.2 Å². The SMILES string of the molecule is COCOc1ccccc1-c1cc2cc(OC)c(CN3CC[C@@H](N4CCN(c5cc(C(C(=O)N6C[C@H](O)C[C@H]6C(=O)NC(C)c6ccc(-c7scnc7C)cc6)C(C)C)on5)CC4)C(F)(F)C3)cc2nn1. The molecule has 3 fully saturated rings. The van der Waals surface area contributed by atoms with Gasteiger partial charge in [0.15, 0.2) is 18.4 Å². The van der Waals surface area contributed by atoms with Crippen LogP contribution in [-0.2, 0) is 20.9 Å². The number of thiazole rings is 1. The number of carbonyl (C=O) groups is 2. The number of hydrogen-bond donors (Lipinski definition) is 2. The predicted octanol–water partition coefficient (Wildman–Crippen LogP) is 7.32. The molecule has 19 heteroatoms. The van der Waals surface area contributed by atoms with Gasteiger partial charge in [-0.2, -0.15) is 0 Å². The summed E-state index contributed by atoms with van der Waals surface area (Å²) in [6.07, 6.45) is -0.466. The zero-order valence-corrected chi connectivity index (χ0v) is 41.7. The third kappa shape index (κ3) is 10.7. The maximum atomic E-state index is 16.2. The number of aromatic nitrogens is 4. The van der Waals surface area contributed by atoms with Crippen molar-refractivity contribution >= 4 is 39.9 Å². The third-order valence-corrected chi connectivity index (χ3v) is 15.0. The number of hydrogen-bond acceptors (Lipinski definition) is 15. The summed E-state index contributed by atoms with van der Waals surface area (Å²) in [5.74, 6) is -2.59. The van der Waals surface area contributed by atoms with Crippen molar-refractivity contribution in [1.82, 2.24) is 40.4 Å². The smallest absolute Gasteiger partial charge is 0.275 e. The Morgan fingerprint density at radius 2 is 1.75 bits per heavy atom. The molecule has 3 aliphatic heterocycles. The molecule has 6 heterocycles. The number of para-hydroxylation sites is 1. The molecule has 3 aromatic heterocycles. The van der Waals surface area contributed by atoms with E-state index in [2.05, 4.69) is 25.7 Å².